The van der Waals surface area contributed by atoms with Crippen molar-refractivity contribution in [3.05, 3.63) is 83.3 Å². The Morgan fingerprint density at radius 1 is 1.08 bits per heavy atom. The van der Waals surface area contributed by atoms with Gasteiger partial charge in [-0.25, -0.2) is 4.98 Å². The van der Waals surface area contributed by atoms with E-state index in [0.29, 0.717) is 13.0 Å². The first-order valence-electron chi connectivity index (χ1n) is 8.92. The number of amides is 1. The molecule has 1 N–H and O–H groups in total. The Hall–Kier alpha value is -3.14. The highest BCUT2D eigenvalue weighted by Gasteiger charge is 2.28. The summed E-state index contributed by atoms with van der Waals surface area (Å²) in [4.78, 5) is 17.1. The lowest BCUT2D eigenvalue weighted by Crippen LogP contribution is -2.21. The number of nitrogens with one attached hydrogen (secondary N) is 1. The number of rotatable bonds is 1. The van der Waals surface area contributed by atoms with Gasteiger partial charge in [0, 0.05) is 18.5 Å². The molecule has 1 aliphatic rings. The summed E-state index contributed by atoms with van der Waals surface area (Å²) in [5.74, 6) is 0.0665. The Kier molecular flexibility index (Phi) is 3.32. The molecule has 2 aromatic heterocycles. The van der Waals surface area contributed by atoms with E-state index in [1.165, 1.54) is 16.3 Å². The maximum atomic E-state index is 12.3. The third kappa shape index (κ3) is 2.37. The highest BCUT2D eigenvalue weighted by atomic mass is 16.1. The Morgan fingerprint density at radius 2 is 1.92 bits per heavy atom. The molecule has 0 bridgehead atoms. The lowest BCUT2D eigenvalue weighted by atomic mass is 9.90. The highest BCUT2D eigenvalue weighted by Crippen LogP contribution is 2.34. The van der Waals surface area contributed by atoms with Crippen molar-refractivity contribution in [1.82, 2.24) is 14.7 Å². The van der Waals surface area contributed by atoms with Crippen LogP contribution in [0.3, 0.4) is 0 Å². The van der Waals surface area contributed by atoms with Crippen LogP contribution in [0.1, 0.15) is 34.9 Å². The van der Waals surface area contributed by atoms with Gasteiger partial charge in [-0.2, -0.15) is 0 Å². The number of fused-ring (bicyclic) bond motifs is 4. The van der Waals surface area contributed by atoms with Crippen LogP contribution in [-0.4, -0.2) is 15.3 Å². The Bertz CT molecular complexity index is 1160. The number of imidazole rings is 1. The van der Waals surface area contributed by atoms with Gasteiger partial charge in [0.1, 0.15) is 5.65 Å². The third-order valence-electron chi connectivity index (χ3n) is 5.24. The molecular formula is C22H19N3O. The van der Waals surface area contributed by atoms with Gasteiger partial charge in [0.15, 0.2) is 0 Å². The molecule has 1 unspecified atom stereocenters. The second-order valence-corrected chi connectivity index (χ2v) is 7.02. The minimum absolute atomic E-state index is 0.00480. The molecule has 4 aromatic rings. The lowest BCUT2D eigenvalue weighted by Gasteiger charge is -2.16. The summed E-state index contributed by atoms with van der Waals surface area (Å²) in [5.41, 5.74) is 5.36. The molecule has 128 valence electrons. The van der Waals surface area contributed by atoms with E-state index in [1.54, 1.807) is 0 Å². The molecule has 1 aliphatic heterocycles. The molecule has 0 radical (unpaired) electrons. The Balaban J connectivity index is 1.74. The molecule has 0 aliphatic carbocycles. The van der Waals surface area contributed by atoms with E-state index in [-0.39, 0.29) is 11.8 Å². The predicted molar refractivity (Wildman–Crippen MR) is 102 cm³/mol. The molecule has 1 amide bonds. The maximum Gasteiger partial charge on any atom is 0.221 e. The second kappa shape index (κ2) is 5.70. The number of aromatic nitrogens is 2. The second-order valence-electron chi connectivity index (χ2n) is 7.02. The normalized spacial score (nSPS) is 17.1. The van der Waals surface area contributed by atoms with E-state index in [1.807, 2.05) is 12.1 Å². The summed E-state index contributed by atoms with van der Waals surface area (Å²) in [7, 11) is 0. The third-order valence-corrected chi connectivity index (χ3v) is 5.24. The number of hydrogen-bond acceptors (Lipinski definition) is 2. The standard InChI is InChI=1S/C22H19N3O/c1-14-8-9-25-20(10-14)24-19-13-23-21(26)12-18(22(19)25)17-7-6-15-4-2-3-5-16(15)11-17/h2-11,18H,12-13H2,1H3,(H,23,26). The van der Waals surface area contributed by atoms with Crippen molar-refractivity contribution in [3.8, 4) is 0 Å². The number of hydrogen-bond donors (Lipinski definition) is 1. The molecule has 0 spiro atoms. The van der Waals surface area contributed by atoms with Crippen molar-refractivity contribution in [2.24, 2.45) is 0 Å². The molecular weight excluding hydrogens is 322 g/mol. The van der Waals surface area contributed by atoms with Gasteiger partial charge in [-0.05, 0) is 41.0 Å². The van der Waals surface area contributed by atoms with E-state index < -0.39 is 0 Å². The first-order valence-corrected chi connectivity index (χ1v) is 8.92. The number of carbonyl (C=O) groups is 1. The number of aryl methyl sites for hydroxylation is 1. The van der Waals surface area contributed by atoms with Gasteiger partial charge >= 0.3 is 0 Å². The minimum atomic E-state index is -0.00480. The summed E-state index contributed by atoms with van der Waals surface area (Å²) < 4.78 is 2.14. The fraction of sp³-hybridized carbons (Fsp3) is 0.182. The number of benzene rings is 2. The van der Waals surface area contributed by atoms with Gasteiger partial charge in [0.2, 0.25) is 5.91 Å². The van der Waals surface area contributed by atoms with E-state index in [4.69, 9.17) is 4.98 Å². The average molecular weight is 341 g/mol. The summed E-state index contributed by atoms with van der Waals surface area (Å²) in [5, 5.41) is 5.41. The number of nitrogens with zero attached hydrogens (tertiary/aromatic N) is 2. The first kappa shape index (κ1) is 15.1. The largest absolute Gasteiger partial charge is 0.350 e. The Labute approximate surface area is 151 Å². The maximum absolute atomic E-state index is 12.3. The van der Waals surface area contributed by atoms with Crippen LogP contribution in [0.15, 0.2) is 60.8 Å². The Morgan fingerprint density at radius 3 is 2.81 bits per heavy atom. The van der Waals surface area contributed by atoms with Crippen molar-refractivity contribution in [2.45, 2.75) is 25.8 Å². The number of carbonyl (C=O) groups excluding carboxylic acids is 1. The van der Waals surface area contributed by atoms with Gasteiger partial charge in [-0.3, -0.25) is 4.79 Å². The highest BCUT2D eigenvalue weighted by molar-refractivity contribution is 5.84. The van der Waals surface area contributed by atoms with E-state index in [0.717, 1.165) is 22.6 Å². The molecule has 3 heterocycles. The van der Waals surface area contributed by atoms with Crippen molar-refractivity contribution in [1.29, 1.82) is 0 Å². The first-order chi connectivity index (χ1) is 12.7. The fourth-order valence-electron chi connectivity index (χ4n) is 3.95. The van der Waals surface area contributed by atoms with Gasteiger partial charge in [0.25, 0.3) is 0 Å². The van der Waals surface area contributed by atoms with Crippen LogP contribution < -0.4 is 5.32 Å². The van der Waals surface area contributed by atoms with Crippen LogP contribution in [0.4, 0.5) is 0 Å². The zero-order valence-electron chi connectivity index (χ0n) is 14.6. The van der Waals surface area contributed by atoms with Crippen LogP contribution >= 0.6 is 0 Å². The van der Waals surface area contributed by atoms with E-state index >= 15 is 0 Å². The predicted octanol–water partition coefficient (Wildman–Crippen LogP) is 3.95. The smallest absolute Gasteiger partial charge is 0.221 e. The molecule has 0 saturated heterocycles. The van der Waals surface area contributed by atoms with Gasteiger partial charge < -0.3 is 9.72 Å². The molecule has 0 saturated carbocycles. The monoisotopic (exact) mass is 341 g/mol. The zero-order chi connectivity index (χ0) is 17.7. The summed E-state index contributed by atoms with van der Waals surface area (Å²) >= 11 is 0. The summed E-state index contributed by atoms with van der Waals surface area (Å²) in [6, 6.07) is 19.0. The van der Waals surface area contributed by atoms with Crippen molar-refractivity contribution in [2.75, 3.05) is 0 Å². The molecule has 26 heavy (non-hydrogen) atoms. The lowest BCUT2D eigenvalue weighted by molar-refractivity contribution is -0.121. The molecule has 0 fully saturated rings. The van der Waals surface area contributed by atoms with Crippen LogP contribution in [0.2, 0.25) is 0 Å². The van der Waals surface area contributed by atoms with E-state index in [9.17, 15) is 4.79 Å². The van der Waals surface area contributed by atoms with Crippen molar-refractivity contribution in [3.63, 3.8) is 0 Å². The SMILES string of the molecule is Cc1ccn2c3c(nc2c1)CNC(=O)CC3c1ccc2ccccc2c1. The molecule has 5 rings (SSSR count). The van der Waals surface area contributed by atoms with E-state index in [2.05, 4.69) is 65.3 Å². The van der Waals surface area contributed by atoms with Gasteiger partial charge in [0.05, 0.1) is 17.9 Å². The summed E-state index contributed by atoms with van der Waals surface area (Å²) in [6.07, 6.45) is 2.51. The molecule has 4 nitrogen and oxygen atoms in total. The topological polar surface area (TPSA) is 46.4 Å². The van der Waals surface area contributed by atoms with Gasteiger partial charge in [-0.1, -0.05) is 42.5 Å². The number of pyridine rings is 1. The van der Waals surface area contributed by atoms with Crippen molar-refractivity contribution >= 4 is 22.3 Å². The van der Waals surface area contributed by atoms with Gasteiger partial charge in [-0.15, -0.1) is 0 Å². The van der Waals surface area contributed by atoms with Crippen LogP contribution in [0.25, 0.3) is 16.4 Å². The van der Waals surface area contributed by atoms with Crippen LogP contribution in [0.5, 0.6) is 0 Å². The fourth-order valence-corrected chi connectivity index (χ4v) is 3.95. The summed E-state index contributed by atoms with van der Waals surface area (Å²) in [6.45, 7) is 2.56. The molecule has 2 aromatic carbocycles. The quantitative estimate of drug-likeness (QED) is 0.570. The molecule has 4 heteroatoms. The minimum Gasteiger partial charge on any atom is -0.350 e. The zero-order valence-corrected chi connectivity index (χ0v) is 14.6. The van der Waals surface area contributed by atoms with Crippen LogP contribution in [0, 0.1) is 6.92 Å². The average Bonchev–Trinajstić information content (AvgIpc) is 2.92. The van der Waals surface area contributed by atoms with Crippen LogP contribution in [-0.2, 0) is 11.3 Å². The molecule has 1 atom stereocenters. The van der Waals surface area contributed by atoms with Crippen molar-refractivity contribution < 1.29 is 4.79 Å².